The number of aryl methyl sites for hydroxylation is 1. The number of fused-ring (bicyclic) bond motifs is 1. The number of rotatable bonds is 2. The standard InChI is InChI=1S/C21H20F3N3O2/c1-10-7-12(20(2,3)4)13(21(22,23)24)8-11(10)15-9-16(28)17-14(27-15)5-6-26-18(17)19(25)29/h5-9H,1-4H3,(H2,25,29)(H,27,28)/i2D3,3D3,4D3. The first-order valence-electron chi connectivity index (χ1n) is 12.6. The summed E-state index contributed by atoms with van der Waals surface area (Å²) < 4.78 is 113. The molecule has 0 bridgehead atoms. The van der Waals surface area contributed by atoms with Crippen molar-refractivity contribution in [2.24, 2.45) is 5.73 Å². The molecule has 2 heterocycles. The molecule has 0 unspecified atom stereocenters. The number of nitrogens with zero attached hydrogens (tertiary/aromatic N) is 1. The summed E-state index contributed by atoms with van der Waals surface area (Å²) in [6, 6.07) is 3.09. The van der Waals surface area contributed by atoms with Crippen LogP contribution in [0.5, 0.6) is 0 Å². The second-order valence-corrected chi connectivity index (χ2v) is 6.45. The van der Waals surface area contributed by atoms with E-state index >= 15 is 0 Å². The third-order valence-corrected chi connectivity index (χ3v) is 4.34. The molecular formula is C21H20F3N3O2. The van der Waals surface area contributed by atoms with Gasteiger partial charge < -0.3 is 10.7 Å². The van der Waals surface area contributed by atoms with Gasteiger partial charge in [-0.05, 0) is 35.6 Å². The van der Waals surface area contributed by atoms with Gasteiger partial charge in [-0.2, -0.15) is 13.2 Å². The number of hydrogen-bond donors (Lipinski definition) is 2. The summed E-state index contributed by atoms with van der Waals surface area (Å²) in [5.74, 6) is -1.02. The van der Waals surface area contributed by atoms with Crippen LogP contribution in [-0.4, -0.2) is 15.9 Å². The van der Waals surface area contributed by atoms with Gasteiger partial charge in [0.25, 0.3) is 5.91 Å². The maximum Gasteiger partial charge on any atom is 0.416 e. The van der Waals surface area contributed by atoms with Gasteiger partial charge in [-0.1, -0.05) is 26.6 Å². The van der Waals surface area contributed by atoms with Gasteiger partial charge in [-0.3, -0.25) is 14.6 Å². The first kappa shape index (κ1) is 11.7. The van der Waals surface area contributed by atoms with Crippen molar-refractivity contribution >= 4 is 16.8 Å². The summed E-state index contributed by atoms with van der Waals surface area (Å²) in [6.45, 7) is -10.6. The second-order valence-electron chi connectivity index (χ2n) is 6.45. The number of pyridine rings is 2. The van der Waals surface area contributed by atoms with E-state index in [1.165, 1.54) is 13.0 Å². The fourth-order valence-corrected chi connectivity index (χ4v) is 3.07. The summed E-state index contributed by atoms with van der Waals surface area (Å²) in [5, 5.41) is -0.222. The smallest absolute Gasteiger partial charge is 0.364 e. The lowest BCUT2D eigenvalue weighted by molar-refractivity contribution is -0.138. The van der Waals surface area contributed by atoms with Gasteiger partial charge in [0.05, 0.1) is 16.5 Å². The van der Waals surface area contributed by atoms with Crippen LogP contribution >= 0.6 is 0 Å². The van der Waals surface area contributed by atoms with Gasteiger partial charge in [0.15, 0.2) is 5.43 Å². The molecule has 3 rings (SSSR count). The summed E-state index contributed by atoms with van der Waals surface area (Å²) in [5.41, 5.74) is -3.80. The number of carbonyl (C=O) groups is 1. The Labute approximate surface area is 177 Å². The summed E-state index contributed by atoms with van der Waals surface area (Å²) in [4.78, 5) is 30.9. The molecule has 0 atom stereocenters. The monoisotopic (exact) mass is 412 g/mol. The molecule has 0 aliphatic carbocycles. The molecule has 0 saturated carbocycles. The Morgan fingerprint density at radius 3 is 2.45 bits per heavy atom. The molecule has 152 valence electrons. The highest BCUT2D eigenvalue weighted by Gasteiger charge is 2.37. The quantitative estimate of drug-likeness (QED) is 0.657. The number of H-pyrrole nitrogens is 1. The molecule has 1 amide bonds. The van der Waals surface area contributed by atoms with Crippen LogP contribution in [0.2, 0.25) is 0 Å². The number of benzene rings is 1. The Hall–Kier alpha value is -3.16. The molecule has 3 aromatic rings. The van der Waals surface area contributed by atoms with Crippen molar-refractivity contribution in [3.8, 4) is 11.3 Å². The van der Waals surface area contributed by atoms with E-state index in [0.717, 1.165) is 12.3 Å². The van der Waals surface area contributed by atoms with Crippen molar-refractivity contribution in [1.82, 2.24) is 9.97 Å². The molecule has 0 saturated heterocycles. The molecule has 2 aromatic heterocycles. The Bertz CT molecular complexity index is 1450. The molecule has 0 radical (unpaired) electrons. The van der Waals surface area contributed by atoms with Crippen LogP contribution in [0.25, 0.3) is 22.2 Å². The molecule has 1 aromatic carbocycles. The van der Waals surface area contributed by atoms with Crippen LogP contribution < -0.4 is 11.2 Å². The maximum atomic E-state index is 14.4. The first-order valence-corrected chi connectivity index (χ1v) is 8.10. The third kappa shape index (κ3) is 3.74. The van der Waals surface area contributed by atoms with E-state index in [1.54, 1.807) is 0 Å². The van der Waals surface area contributed by atoms with E-state index < -0.39 is 54.6 Å². The number of primary amides is 1. The Morgan fingerprint density at radius 2 is 1.86 bits per heavy atom. The van der Waals surface area contributed by atoms with Gasteiger partial charge in [-0.15, -0.1) is 0 Å². The second kappa shape index (κ2) is 6.72. The van der Waals surface area contributed by atoms with E-state index in [-0.39, 0.29) is 33.4 Å². The number of alkyl halides is 3. The molecule has 5 nitrogen and oxygen atoms in total. The van der Waals surface area contributed by atoms with E-state index in [4.69, 9.17) is 18.1 Å². The lowest BCUT2D eigenvalue weighted by atomic mass is 9.81. The summed E-state index contributed by atoms with van der Waals surface area (Å²) >= 11 is 0. The number of carbonyl (C=O) groups excluding carboxylic acids is 1. The van der Waals surface area contributed by atoms with E-state index in [2.05, 4.69) is 9.97 Å². The number of aromatic nitrogens is 2. The number of halogens is 3. The molecule has 0 aliphatic rings. The molecular weight excluding hydrogens is 383 g/mol. The van der Waals surface area contributed by atoms with Gasteiger partial charge in [-0.25, -0.2) is 0 Å². The van der Waals surface area contributed by atoms with E-state index in [0.29, 0.717) is 12.1 Å². The Morgan fingerprint density at radius 1 is 1.17 bits per heavy atom. The van der Waals surface area contributed by atoms with Crippen molar-refractivity contribution in [1.29, 1.82) is 0 Å². The largest absolute Gasteiger partial charge is 0.416 e. The molecule has 0 spiro atoms. The van der Waals surface area contributed by atoms with Crippen LogP contribution in [0.1, 0.15) is 60.1 Å². The Balaban J connectivity index is 2.50. The minimum Gasteiger partial charge on any atom is -0.364 e. The fraction of sp³-hybridized carbons (Fsp3) is 0.286. The number of aromatic amines is 1. The molecule has 0 aliphatic heterocycles. The van der Waals surface area contributed by atoms with Crippen molar-refractivity contribution in [2.45, 2.75) is 39.1 Å². The van der Waals surface area contributed by atoms with Crippen LogP contribution in [0.15, 0.2) is 35.3 Å². The summed E-state index contributed by atoms with van der Waals surface area (Å²) in [7, 11) is 0. The zero-order valence-corrected chi connectivity index (χ0v) is 14.9. The summed E-state index contributed by atoms with van der Waals surface area (Å²) in [6.07, 6.45) is -4.26. The molecule has 3 N–H and O–H groups in total. The van der Waals surface area contributed by atoms with Crippen molar-refractivity contribution in [3.63, 3.8) is 0 Å². The van der Waals surface area contributed by atoms with Gasteiger partial charge in [0.2, 0.25) is 0 Å². The molecule has 0 fully saturated rings. The minimum atomic E-state index is -5.40. The lowest BCUT2D eigenvalue weighted by Crippen LogP contribution is -2.20. The SMILES string of the molecule is [2H]C([2H])([2H])C(c1cc(C)c(-c2cc(=O)c3c(C(N)=O)nccc3[nH]2)cc1C(F)(F)F)(C([2H])([2H])[2H])C([2H])([2H])[2H]. The van der Waals surface area contributed by atoms with Gasteiger partial charge >= 0.3 is 6.18 Å². The normalized spacial score (nSPS) is 18.3. The predicted octanol–water partition coefficient (Wildman–Crippen LogP) is 4.31. The number of nitrogens with one attached hydrogen (secondary N) is 1. The molecule has 29 heavy (non-hydrogen) atoms. The highest BCUT2D eigenvalue weighted by atomic mass is 19.4. The zero-order chi connectivity index (χ0) is 29.2. The van der Waals surface area contributed by atoms with Crippen LogP contribution in [0.4, 0.5) is 13.2 Å². The third-order valence-electron chi connectivity index (χ3n) is 4.34. The number of nitrogens with two attached hydrogens (primary N) is 1. The average Bonchev–Trinajstić information content (AvgIpc) is 2.69. The minimum absolute atomic E-state index is 0.00448. The van der Waals surface area contributed by atoms with Crippen LogP contribution in [0.3, 0.4) is 0 Å². The number of hydrogen-bond acceptors (Lipinski definition) is 3. The lowest BCUT2D eigenvalue weighted by Gasteiger charge is -2.26. The van der Waals surface area contributed by atoms with Crippen LogP contribution in [-0.2, 0) is 11.6 Å². The maximum absolute atomic E-state index is 14.4. The van der Waals surface area contributed by atoms with Crippen molar-refractivity contribution < 1.29 is 30.3 Å². The molecule has 8 heteroatoms. The highest BCUT2D eigenvalue weighted by Crippen LogP contribution is 2.40. The Kier molecular flexibility index (Phi) is 2.72. The van der Waals surface area contributed by atoms with Crippen LogP contribution in [0, 0.1) is 6.92 Å². The van der Waals surface area contributed by atoms with Crippen molar-refractivity contribution in [2.75, 3.05) is 0 Å². The zero-order valence-electron chi connectivity index (χ0n) is 23.9. The first-order chi connectivity index (χ1) is 17.1. The van der Waals surface area contributed by atoms with Crippen molar-refractivity contribution in [3.05, 3.63) is 63.1 Å². The van der Waals surface area contributed by atoms with E-state index in [9.17, 15) is 22.8 Å². The fourth-order valence-electron chi connectivity index (χ4n) is 3.07. The highest BCUT2D eigenvalue weighted by molar-refractivity contribution is 6.03. The number of amides is 1. The average molecular weight is 412 g/mol. The predicted molar refractivity (Wildman–Crippen MR) is 105 cm³/mol. The van der Waals surface area contributed by atoms with E-state index in [1.807, 2.05) is 0 Å². The van der Waals surface area contributed by atoms with Gasteiger partial charge in [0, 0.05) is 35.9 Å². The topological polar surface area (TPSA) is 88.8 Å². The van der Waals surface area contributed by atoms with Gasteiger partial charge in [0.1, 0.15) is 5.69 Å².